The van der Waals surface area contributed by atoms with E-state index >= 15 is 0 Å². The Labute approximate surface area is 111 Å². The molecule has 6 heteroatoms. The van der Waals surface area contributed by atoms with Crippen molar-refractivity contribution in [3.05, 3.63) is 35.0 Å². The maximum absolute atomic E-state index is 12.0. The molecule has 0 unspecified atom stereocenters. The van der Waals surface area contributed by atoms with Gasteiger partial charge in [-0.05, 0) is 13.3 Å². The predicted octanol–water partition coefficient (Wildman–Crippen LogP) is 2.15. The summed E-state index contributed by atoms with van der Waals surface area (Å²) in [5, 5.41) is 6.56. The van der Waals surface area contributed by atoms with E-state index in [-0.39, 0.29) is 5.91 Å². The van der Waals surface area contributed by atoms with Crippen LogP contribution in [0.5, 0.6) is 0 Å². The van der Waals surface area contributed by atoms with Gasteiger partial charge in [0.2, 0.25) is 5.88 Å². The number of hydrogen-bond acceptors (Lipinski definition) is 5. The second kappa shape index (κ2) is 5.60. The fraction of sp³-hybridized carbons (Fsp3) is 0.385. The number of carbonyl (C=O) groups excluding carboxylic acids is 1. The first kappa shape index (κ1) is 13.2. The van der Waals surface area contributed by atoms with Crippen LogP contribution in [0.15, 0.2) is 16.9 Å². The molecule has 0 aliphatic heterocycles. The molecule has 0 aliphatic rings. The highest BCUT2D eigenvalue weighted by molar-refractivity contribution is 6.03. The lowest BCUT2D eigenvalue weighted by molar-refractivity contribution is 0.102. The number of anilines is 1. The molecule has 19 heavy (non-hydrogen) atoms. The predicted molar refractivity (Wildman–Crippen MR) is 70.0 cm³/mol. The molecule has 1 N–H and O–H groups in total. The summed E-state index contributed by atoms with van der Waals surface area (Å²) in [4.78, 5) is 20.2. The monoisotopic (exact) mass is 260 g/mol. The Morgan fingerprint density at radius 1 is 1.26 bits per heavy atom. The Bertz CT molecular complexity index is 575. The first-order valence-electron chi connectivity index (χ1n) is 6.23. The van der Waals surface area contributed by atoms with Crippen LogP contribution in [0.1, 0.15) is 41.3 Å². The Morgan fingerprint density at radius 3 is 2.47 bits per heavy atom. The third-order valence-electron chi connectivity index (χ3n) is 2.87. The largest absolute Gasteiger partial charge is 0.338 e. The van der Waals surface area contributed by atoms with E-state index in [2.05, 4.69) is 20.4 Å². The van der Waals surface area contributed by atoms with Gasteiger partial charge in [0.25, 0.3) is 5.91 Å². The van der Waals surface area contributed by atoms with Crippen molar-refractivity contribution in [3.8, 4) is 0 Å². The van der Waals surface area contributed by atoms with E-state index < -0.39 is 0 Å². The van der Waals surface area contributed by atoms with Gasteiger partial charge in [0, 0.05) is 24.4 Å². The summed E-state index contributed by atoms with van der Waals surface area (Å²) < 4.78 is 5.10. The minimum absolute atomic E-state index is 0.301. The third kappa shape index (κ3) is 2.78. The van der Waals surface area contributed by atoms with E-state index in [1.807, 2.05) is 20.8 Å². The van der Waals surface area contributed by atoms with Crippen molar-refractivity contribution in [2.45, 2.75) is 33.6 Å². The number of nitrogens with one attached hydrogen (secondary N) is 1. The zero-order valence-corrected chi connectivity index (χ0v) is 11.2. The van der Waals surface area contributed by atoms with Crippen molar-refractivity contribution in [2.75, 3.05) is 5.32 Å². The van der Waals surface area contributed by atoms with Gasteiger partial charge in [-0.25, -0.2) is 9.97 Å². The smallest absolute Gasteiger partial charge is 0.261 e. The molecule has 6 nitrogen and oxygen atoms in total. The van der Waals surface area contributed by atoms with Crippen LogP contribution in [-0.2, 0) is 12.8 Å². The lowest BCUT2D eigenvalue weighted by Crippen LogP contribution is -2.13. The van der Waals surface area contributed by atoms with Gasteiger partial charge in [-0.1, -0.05) is 19.0 Å². The van der Waals surface area contributed by atoms with Gasteiger partial charge in [-0.3, -0.25) is 10.1 Å². The van der Waals surface area contributed by atoms with Crippen LogP contribution in [-0.4, -0.2) is 21.0 Å². The van der Waals surface area contributed by atoms with Gasteiger partial charge in [-0.15, -0.1) is 0 Å². The second-order valence-electron chi connectivity index (χ2n) is 4.13. The van der Waals surface area contributed by atoms with Crippen molar-refractivity contribution in [1.82, 2.24) is 15.1 Å². The molecule has 0 aromatic carbocycles. The van der Waals surface area contributed by atoms with Crippen molar-refractivity contribution in [2.24, 2.45) is 0 Å². The van der Waals surface area contributed by atoms with Crippen LogP contribution < -0.4 is 5.32 Å². The number of hydrogen-bond donors (Lipinski definition) is 1. The molecular formula is C13H16N4O2. The molecule has 100 valence electrons. The summed E-state index contributed by atoms with van der Waals surface area (Å²) in [6.45, 7) is 5.80. The summed E-state index contributed by atoms with van der Waals surface area (Å²) in [6, 6.07) is 0. The summed E-state index contributed by atoms with van der Waals surface area (Å²) in [5.41, 5.74) is 2.08. The number of aromatic nitrogens is 3. The molecule has 0 fully saturated rings. The Balaban J connectivity index is 2.13. The van der Waals surface area contributed by atoms with Gasteiger partial charge < -0.3 is 4.52 Å². The van der Waals surface area contributed by atoms with E-state index in [1.54, 1.807) is 0 Å². The van der Waals surface area contributed by atoms with Crippen LogP contribution >= 0.6 is 0 Å². The van der Waals surface area contributed by atoms with E-state index in [9.17, 15) is 4.79 Å². The third-order valence-corrected chi connectivity index (χ3v) is 2.87. The van der Waals surface area contributed by atoms with Crippen LogP contribution in [0.2, 0.25) is 0 Å². The summed E-state index contributed by atoms with van der Waals surface area (Å²) in [5.74, 6) is 0.784. The fourth-order valence-electron chi connectivity index (χ4n) is 1.64. The van der Waals surface area contributed by atoms with Gasteiger partial charge >= 0.3 is 0 Å². The van der Waals surface area contributed by atoms with Gasteiger partial charge in [-0.2, -0.15) is 0 Å². The molecule has 0 atom stereocenters. The standard InChI is InChI=1S/C13H16N4O2/c1-4-10-8(3)13(19-17-10)16-12(18)9-6-14-11(5-2)15-7-9/h6-7H,4-5H2,1-3H3,(H,16,18). The number of carbonyl (C=O) groups is 1. The molecule has 0 saturated carbocycles. The van der Waals surface area contributed by atoms with Gasteiger partial charge in [0.15, 0.2) is 0 Å². The SMILES string of the molecule is CCc1ncc(C(=O)Nc2onc(CC)c2C)cn1. The minimum Gasteiger partial charge on any atom is -0.338 e. The fourth-order valence-corrected chi connectivity index (χ4v) is 1.64. The average molecular weight is 260 g/mol. The Morgan fingerprint density at radius 2 is 1.95 bits per heavy atom. The normalized spacial score (nSPS) is 10.5. The van der Waals surface area contributed by atoms with Crippen molar-refractivity contribution in [3.63, 3.8) is 0 Å². The van der Waals surface area contributed by atoms with Crippen LogP contribution in [0, 0.1) is 6.92 Å². The van der Waals surface area contributed by atoms with Gasteiger partial charge in [0.05, 0.1) is 11.3 Å². The lowest BCUT2D eigenvalue weighted by Gasteiger charge is -2.02. The minimum atomic E-state index is -0.301. The summed E-state index contributed by atoms with van der Waals surface area (Å²) in [6.07, 6.45) is 4.52. The van der Waals surface area contributed by atoms with Crippen LogP contribution in [0.3, 0.4) is 0 Å². The summed E-state index contributed by atoms with van der Waals surface area (Å²) in [7, 11) is 0. The maximum Gasteiger partial charge on any atom is 0.261 e. The summed E-state index contributed by atoms with van der Waals surface area (Å²) >= 11 is 0. The van der Waals surface area contributed by atoms with E-state index in [4.69, 9.17) is 4.52 Å². The van der Waals surface area contributed by atoms with Crippen LogP contribution in [0.4, 0.5) is 5.88 Å². The van der Waals surface area contributed by atoms with E-state index in [0.29, 0.717) is 17.3 Å². The number of aryl methyl sites for hydroxylation is 2. The van der Waals surface area contributed by atoms with Crippen molar-refractivity contribution in [1.29, 1.82) is 0 Å². The maximum atomic E-state index is 12.0. The number of rotatable bonds is 4. The number of nitrogens with zero attached hydrogens (tertiary/aromatic N) is 3. The first-order chi connectivity index (χ1) is 9.15. The highest BCUT2D eigenvalue weighted by Crippen LogP contribution is 2.19. The van der Waals surface area contributed by atoms with Crippen LogP contribution in [0.25, 0.3) is 0 Å². The average Bonchev–Trinajstić information content (AvgIpc) is 2.79. The molecule has 2 aromatic rings. The quantitative estimate of drug-likeness (QED) is 0.910. The Kier molecular flexibility index (Phi) is 3.89. The molecule has 0 radical (unpaired) electrons. The highest BCUT2D eigenvalue weighted by atomic mass is 16.5. The molecule has 2 heterocycles. The van der Waals surface area contributed by atoms with E-state index in [0.717, 1.165) is 24.1 Å². The zero-order valence-electron chi connectivity index (χ0n) is 11.2. The second-order valence-corrected chi connectivity index (χ2v) is 4.13. The van der Waals surface area contributed by atoms with E-state index in [1.165, 1.54) is 12.4 Å². The lowest BCUT2D eigenvalue weighted by atomic mass is 10.2. The van der Waals surface area contributed by atoms with Gasteiger partial charge in [0.1, 0.15) is 5.82 Å². The molecule has 0 spiro atoms. The molecular weight excluding hydrogens is 244 g/mol. The molecule has 0 aliphatic carbocycles. The zero-order chi connectivity index (χ0) is 13.8. The topological polar surface area (TPSA) is 80.9 Å². The molecule has 0 saturated heterocycles. The molecule has 2 rings (SSSR count). The van der Waals surface area contributed by atoms with Crippen molar-refractivity contribution < 1.29 is 9.32 Å². The molecule has 2 aromatic heterocycles. The Hall–Kier alpha value is -2.24. The molecule has 0 bridgehead atoms. The highest BCUT2D eigenvalue weighted by Gasteiger charge is 2.14. The molecule has 1 amide bonds. The first-order valence-corrected chi connectivity index (χ1v) is 6.23. The number of amides is 1. The van der Waals surface area contributed by atoms with Crippen molar-refractivity contribution >= 4 is 11.8 Å².